The molecule has 0 saturated carbocycles. The average molecular weight is 310 g/mol. The fourth-order valence-electron chi connectivity index (χ4n) is 1.78. The third-order valence-corrected chi connectivity index (χ3v) is 3.31. The molecule has 1 atom stereocenters. The topological polar surface area (TPSA) is 50.9 Å². The highest BCUT2D eigenvalue weighted by atomic mass is 79.9. The largest absolute Gasteiger partial charge is 0.271 e. The zero-order chi connectivity index (χ0) is 13.0. The first-order valence-corrected chi connectivity index (χ1v) is 6.31. The van der Waals surface area contributed by atoms with Crippen molar-refractivity contribution in [2.45, 2.75) is 12.5 Å². The Bertz CT molecular complexity index is 519. The Morgan fingerprint density at radius 2 is 2.11 bits per heavy atom. The van der Waals surface area contributed by atoms with Gasteiger partial charge in [0.05, 0.1) is 10.5 Å². The number of hydrazine groups is 1. The maximum absolute atomic E-state index is 14.0. The van der Waals surface area contributed by atoms with E-state index in [9.17, 15) is 4.39 Å². The smallest absolute Gasteiger partial charge is 0.142 e. The van der Waals surface area contributed by atoms with Crippen LogP contribution in [0.2, 0.25) is 0 Å². The van der Waals surface area contributed by atoms with Gasteiger partial charge in [-0.25, -0.2) is 4.39 Å². The molecule has 94 valence electrons. The van der Waals surface area contributed by atoms with Crippen LogP contribution in [0, 0.1) is 5.82 Å². The second kappa shape index (κ2) is 6.04. The van der Waals surface area contributed by atoms with E-state index in [2.05, 4.69) is 26.3 Å². The molecule has 0 aliphatic carbocycles. The molecule has 1 heterocycles. The SMILES string of the molecule is NNC(Cc1ccccn1)c1cccc(Br)c1F. The Kier molecular flexibility index (Phi) is 4.41. The molecular formula is C13H13BrFN3. The molecule has 0 aliphatic heterocycles. The van der Waals surface area contributed by atoms with Crippen molar-refractivity contribution in [2.24, 2.45) is 5.84 Å². The lowest BCUT2D eigenvalue weighted by atomic mass is 10.0. The zero-order valence-corrected chi connectivity index (χ0v) is 11.2. The predicted molar refractivity (Wildman–Crippen MR) is 72.1 cm³/mol. The number of rotatable bonds is 4. The van der Waals surface area contributed by atoms with Gasteiger partial charge in [-0.3, -0.25) is 16.3 Å². The second-order valence-corrected chi connectivity index (χ2v) is 4.74. The zero-order valence-electron chi connectivity index (χ0n) is 9.61. The van der Waals surface area contributed by atoms with E-state index in [1.807, 2.05) is 18.2 Å². The average Bonchev–Trinajstić information content (AvgIpc) is 2.41. The van der Waals surface area contributed by atoms with E-state index in [4.69, 9.17) is 5.84 Å². The first-order valence-electron chi connectivity index (χ1n) is 5.52. The summed E-state index contributed by atoms with van der Waals surface area (Å²) in [7, 11) is 0. The van der Waals surface area contributed by atoms with Gasteiger partial charge in [0.1, 0.15) is 5.82 Å². The number of benzene rings is 1. The summed E-state index contributed by atoms with van der Waals surface area (Å²) in [6.45, 7) is 0. The lowest BCUT2D eigenvalue weighted by Gasteiger charge is -2.17. The van der Waals surface area contributed by atoms with Crippen LogP contribution in [0.3, 0.4) is 0 Å². The normalized spacial score (nSPS) is 12.4. The van der Waals surface area contributed by atoms with Crippen molar-refractivity contribution >= 4 is 15.9 Å². The van der Waals surface area contributed by atoms with Crippen molar-refractivity contribution in [2.75, 3.05) is 0 Å². The van der Waals surface area contributed by atoms with Crippen LogP contribution in [0.5, 0.6) is 0 Å². The highest BCUT2D eigenvalue weighted by Crippen LogP contribution is 2.25. The maximum Gasteiger partial charge on any atom is 0.142 e. The van der Waals surface area contributed by atoms with Crippen molar-refractivity contribution in [3.8, 4) is 0 Å². The minimum Gasteiger partial charge on any atom is -0.271 e. The molecule has 0 spiro atoms. The molecule has 2 rings (SSSR count). The minimum atomic E-state index is -0.308. The van der Waals surface area contributed by atoms with Gasteiger partial charge in [0.15, 0.2) is 0 Å². The van der Waals surface area contributed by atoms with Crippen LogP contribution < -0.4 is 11.3 Å². The summed E-state index contributed by atoms with van der Waals surface area (Å²) >= 11 is 3.17. The molecule has 18 heavy (non-hydrogen) atoms. The second-order valence-electron chi connectivity index (χ2n) is 3.89. The van der Waals surface area contributed by atoms with Gasteiger partial charge in [-0.1, -0.05) is 18.2 Å². The highest BCUT2D eigenvalue weighted by molar-refractivity contribution is 9.10. The number of nitrogens with two attached hydrogens (primary N) is 1. The van der Waals surface area contributed by atoms with Gasteiger partial charge in [0.25, 0.3) is 0 Å². The lowest BCUT2D eigenvalue weighted by Crippen LogP contribution is -2.30. The molecule has 0 saturated heterocycles. The number of nitrogens with zero attached hydrogens (tertiary/aromatic N) is 1. The number of pyridine rings is 1. The van der Waals surface area contributed by atoms with E-state index < -0.39 is 0 Å². The molecule has 0 bridgehead atoms. The first-order chi connectivity index (χ1) is 8.72. The van der Waals surface area contributed by atoms with Crippen molar-refractivity contribution in [1.82, 2.24) is 10.4 Å². The summed E-state index contributed by atoms with van der Waals surface area (Å²) in [6, 6.07) is 10.5. The quantitative estimate of drug-likeness (QED) is 0.674. The van der Waals surface area contributed by atoms with Crippen LogP contribution >= 0.6 is 15.9 Å². The summed E-state index contributed by atoms with van der Waals surface area (Å²) in [5.74, 6) is 5.22. The molecular weight excluding hydrogens is 297 g/mol. The van der Waals surface area contributed by atoms with Crippen molar-refractivity contribution in [3.63, 3.8) is 0 Å². The third kappa shape index (κ3) is 2.93. The van der Waals surface area contributed by atoms with Gasteiger partial charge < -0.3 is 0 Å². The standard InChI is InChI=1S/C13H13BrFN3/c14-11-6-3-5-10(13(11)15)12(18-16)8-9-4-1-2-7-17-9/h1-7,12,18H,8,16H2. The fraction of sp³-hybridized carbons (Fsp3) is 0.154. The van der Waals surface area contributed by atoms with E-state index in [-0.39, 0.29) is 11.9 Å². The Morgan fingerprint density at radius 1 is 1.28 bits per heavy atom. The molecule has 2 aromatic rings. The third-order valence-electron chi connectivity index (χ3n) is 2.70. The van der Waals surface area contributed by atoms with Gasteiger partial charge in [0, 0.05) is 23.9 Å². The first kappa shape index (κ1) is 13.1. The van der Waals surface area contributed by atoms with Crippen molar-refractivity contribution in [3.05, 3.63) is 64.1 Å². The molecule has 0 amide bonds. The molecule has 0 aliphatic rings. The number of halogens is 2. The van der Waals surface area contributed by atoms with Crippen molar-refractivity contribution in [1.29, 1.82) is 0 Å². The predicted octanol–water partition coefficient (Wildman–Crippen LogP) is 2.73. The van der Waals surface area contributed by atoms with Gasteiger partial charge in [-0.15, -0.1) is 0 Å². The number of hydrogen-bond acceptors (Lipinski definition) is 3. The summed E-state index contributed by atoms with van der Waals surface area (Å²) in [4.78, 5) is 4.21. The van der Waals surface area contributed by atoms with Crippen LogP contribution in [0.4, 0.5) is 4.39 Å². The maximum atomic E-state index is 14.0. The number of aromatic nitrogens is 1. The summed E-state index contributed by atoms with van der Waals surface area (Å²) < 4.78 is 14.4. The molecule has 5 heteroatoms. The van der Waals surface area contributed by atoms with Crippen LogP contribution in [0.25, 0.3) is 0 Å². The van der Waals surface area contributed by atoms with E-state index in [0.29, 0.717) is 16.5 Å². The van der Waals surface area contributed by atoms with Crippen LogP contribution in [-0.4, -0.2) is 4.98 Å². The van der Waals surface area contributed by atoms with E-state index in [1.54, 1.807) is 24.4 Å². The summed E-state index contributed by atoms with van der Waals surface area (Å²) in [6.07, 6.45) is 2.24. The van der Waals surface area contributed by atoms with E-state index in [1.165, 1.54) is 0 Å². The number of hydrogen-bond donors (Lipinski definition) is 2. The molecule has 0 radical (unpaired) electrons. The van der Waals surface area contributed by atoms with Crippen LogP contribution in [-0.2, 0) is 6.42 Å². The van der Waals surface area contributed by atoms with Crippen LogP contribution in [0.1, 0.15) is 17.3 Å². The van der Waals surface area contributed by atoms with Gasteiger partial charge in [-0.2, -0.15) is 0 Å². The van der Waals surface area contributed by atoms with Gasteiger partial charge in [-0.05, 0) is 34.1 Å². The summed E-state index contributed by atoms with van der Waals surface area (Å²) in [5.41, 5.74) is 4.02. The van der Waals surface area contributed by atoms with Gasteiger partial charge in [0.2, 0.25) is 0 Å². The Morgan fingerprint density at radius 3 is 2.78 bits per heavy atom. The highest BCUT2D eigenvalue weighted by Gasteiger charge is 2.16. The monoisotopic (exact) mass is 309 g/mol. The molecule has 1 aromatic carbocycles. The molecule has 1 aromatic heterocycles. The molecule has 1 unspecified atom stereocenters. The number of nitrogens with one attached hydrogen (secondary N) is 1. The molecule has 0 fully saturated rings. The fourth-order valence-corrected chi connectivity index (χ4v) is 2.16. The minimum absolute atomic E-state index is 0.295. The van der Waals surface area contributed by atoms with Gasteiger partial charge >= 0.3 is 0 Å². The van der Waals surface area contributed by atoms with E-state index >= 15 is 0 Å². The lowest BCUT2D eigenvalue weighted by molar-refractivity contribution is 0.504. The summed E-state index contributed by atoms with van der Waals surface area (Å²) in [5, 5.41) is 0. The van der Waals surface area contributed by atoms with Crippen molar-refractivity contribution < 1.29 is 4.39 Å². The Labute approximate surface area is 113 Å². The van der Waals surface area contributed by atoms with Crippen LogP contribution in [0.15, 0.2) is 47.1 Å². The van der Waals surface area contributed by atoms with E-state index in [0.717, 1.165) is 5.69 Å². The molecule has 3 N–H and O–H groups in total. The Balaban J connectivity index is 2.26. The Hall–Kier alpha value is -1.30. The molecule has 3 nitrogen and oxygen atoms in total.